The van der Waals surface area contributed by atoms with Crippen LogP contribution in [0.3, 0.4) is 0 Å². The molecular formula is C21H17N5O3. The van der Waals surface area contributed by atoms with E-state index in [9.17, 15) is 10.1 Å². The maximum absolute atomic E-state index is 10.9. The minimum absolute atomic E-state index is 0.0187. The molecule has 29 heavy (non-hydrogen) atoms. The van der Waals surface area contributed by atoms with E-state index in [1.54, 1.807) is 12.1 Å². The summed E-state index contributed by atoms with van der Waals surface area (Å²) in [5, 5.41) is 17.0. The first-order chi connectivity index (χ1) is 14.1. The predicted octanol–water partition coefficient (Wildman–Crippen LogP) is 2.16. The number of aromatic amines is 1. The Balaban J connectivity index is 1.79. The smallest absolute Gasteiger partial charge is 0.255 e. The van der Waals surface area contributed by atoms with Crippen LogP contribution in [0.2, 0.25) is 0 Å². The number of nitrogens with zero attached hydrogens (tertiary/aromatic N) is 2. The number of carbonyl (C=O) groups excluding carboxylic acids is 1. The summed E-state index contributed by atoms with van der Waals surface area (Å²) < 4.78 is 10.9. The lowest BCUT2D eigenvalue weighted by molar-refractivity contribution is -0.119. The Bertz CT molecular complexity index is 1130. The van der Waals surface area contributed by atoms with Gasteiger partial charge in [0.25, 0.3) is 5.91 Å². The van der Waals surface area contributed by atoms with E-state index in [1.165, 1.54) is 0 Å². The highest BCUT2D eigenvalue weighted by atomic mass is 16.5. The molecule has 0 saturated carbocycles. The maximum atomic E-state index is 10.9. The van der Waals surface area contributed by atoms with Crippen LogP contribution in [0.15, 0.2) is 66.1 Å². The van der Waals surface area contributed by atoms with Crippen molar-refractivity contribution in [2.24, 2.45) is 11.5 Å². The number of hydrogen-bond acceptors (Lipinski definition) is 6. The lowest BCUT2D eigenvalue weighted by Gasteiger charge is -2.24. The van der Waals surface area contributed by atoms with Crippen LogP contribution >= 0.6 is 0 Å². The number of ether oxygens (including phenoxy) is 2. The summed E-state index contributed by atoms with van der Waals surface area (Å²) in [6.07, 6.45) is 0. The van der Waals surface area contributed by atoms with Crippen molar-refractivity contribution in [1.29, 1.82) is 5.26 Å². The standard InChI is InChI=1S/C21H17N5O3/c22-10-15-17(12-6-8-14(9-7-12)28-11-16(23)27)18-19(13-4-2-1-3-5-13)25-26-21(18)29-20(15)24/h1-9,17H,11,24H2,(H2,23,27)(H,25,26). The van der Waals surface area contributed by atoms with E-state index in [4.69, 9.17) is 20.9 Å². The molecule has 0 saturated heterocycles. The van der Waals surface area contributed by atoms with E-state index in [0.717, 1.165) is 22.4 Å². The Morgan fingerprint density at radius 3 is 2.59 bits per heavy atom. The molecule has 0 aliphatic carbocycles. The van der Waals surface area contributed by atoms with Crippen molar-refractivity contribution >= 4 is 5.91 Å². The number of benzene rings is 2. The van der Waals surface area contributed by atoms with Crippen LogP contribution in [0.5, 0.6) is 11.6 Å². The predicted molar refractivity (Wildman–Crippen MR) is 104 cm³/mol. The Hall–Kier alpha value is -4.25. The van der Waals surface area contributed by atoms with Gasteiger partial charge in [0.05, 0.1) is 17.2 Å². The van der Waals surface area contributed by atoms with Gasteiger partial charge in [-0.1, -0.05) is 42.5 Å². The average Bonchev–Trinajstić information content (AvgIpc) is 3.15. The molecule has 1 unspecified atom stereocenters. The number of fused-ring (bicyclic) bond motifs is 1. The molecule has 0 fully saturated rings. The van der Waals surface area contributed by atoms with Crippen LogP contribution in [0.1, 0.15) is 17.0 Å². The third-order valence-corrected chi connectivity index (χ3v) is 4.60. The molecule has 1 amide bonds. The summed E-state index contributed by atoms with van der Waals surface area (Å²) in [5.41, 5.74) is 14.6. The molecule has 0 bridgehead atoms. The van der Waals surface area contributed by atoms with Crippen molar-refractivity contribution in [2.75, 3.05) is 6.61 Å². The molecule has 1 atom stereocenters. The highest BCUT2D eigenvalue weighted by molar-refractivity contribution is 5.75. The minimum Gasteiger partial charge on any atom is -0.484 e. The van der Waals surface area contributed by atoms with Crippen molar-refractivity contribution in [3.8, 4) is 29.0 Å². The van der Waals surface area contributed by atoms with Crippen LogP contribution < -0.4 is 20.9 Å². The van der Waals surface area contributed by atoms with Crippen LogP contribution in [0.4, 0.5) is 0 Å². The Labute approximate surface area is 166 Å². The Morgan fingerprint density at radius 1 is 1.21 bits per heavy atom. The zero-order valence-corrected chi connectivity index (χ0v) is 15.3. The molecule has 1 aliphatic rings. The zero-order valence-electron chi connectivity index (χ0n) is 15.3. The summed E-state index contributed by atoms with van der Waals surface area (Å²) in [4.78, 5) is 10.9. The van der Waals surface area contributed by atoms with E-state index in [2.05, 4.69) is 16.3 Å². The number of H-pyrrole nitrogens is 1. The van der Waals surface area contributed by atoms with Gasteiger partial charge < -0.3 is 20.9 Å². The number of aromatic nitrogens is 2. The summed E-state index contributed by atoms with van der Waals surface area (Å²) in [6.45, 7) is -0.211. The van der Waals surface area contributed by atoms with Crippen molar-refractivity contribution in [2.45, 2.75) is 5.92 Å². The number of primary amides is 1. The monoisotopic (exact) mass is 387 g/mol. The highest BCUT2D eigenvalue weighted by Gasteiger charge is 2.35. The van der Waals surface area contributed by atoms with Gasteiger partial charge >= 0.3 is 0 Å². The molecule has 1 aromatic heterocycles. The summed E-state index contributed by atoms with van der Waals surface area (Å²) in [7, 11) is 0. The third kappa shape index (κ3) is 3.37. The molecule has 4 rings (SSSR count). The fourth-order valence-corrected chi connectivity index (χ4v) is 3.31. The van der Waals surface area contributed by atoms with Crippen LogP contribution in [-0.4, -0.2) is 22.7 Å². The van der Waals surface area contributed by atoms with E-state index in [1.807, 2.05) is 42.5 Å². The van der Waals surface area contributed by atoms with Gasteiger partial charge in [-0.05, 0) is 23.3 Å². The molecule has 2 aromatic carbocycles. The number of carbonyl (C=O) groups is 1. The fraction of sp³-hybridized carbons (Fsp3) is 0.0952. The van der Waals surface area contributed by atoms with Crippen LogP contribution in [-0.2, 0) is 4.79 Å². The van der Waals surface area contributed by atoms with Crippen LogP contribution in [0, 0.1) is 11.3 Å². The number of nitrogens with one attached hydrogen (secondary N) is 1. The van der Waals surface area contributed by atoms with Gasteiger partial charge in [-0.3, -0.25) is 9.89 Å². The molecule has 8 heteroatoms. The average molecular weight is 387 g/mol. The van der Waals surface area contributed by atoms with Crippen molar-refractivity contribution in [3.63, 3.8) is 0 Å². The number of allylic oxidation sites excluding steroid dienone is 1. The Morgan fingerprint density at radius 2 is 1.93 bits per heavy atom. The maximum Gasteiger partial charge on any atom is 0.255 e. The van der Waals surface area contributed by atoms with Gasteiger partial charge in [-0.25, -0.2) is 0 Å². The summed E-state index contributed by atoms with van der Waals surface area (Å²) in [5.74, 6) is -0.185. The fourth-order valence-electron chi connectivity index (χ4n) is 3.31. The molecular weight excluding hydrogens is 370 g/mol. The summed E-state index contributed by atoms with van der Waals surface area (Å²) in [6, 6.07) is 18.8. The van der Waals surface area contributed by atoms with Gasteiger partial charge in [0.15, 0.2) is 6.61 Å². The van der Waals surface area contributed by atoms with E-state index < -0.39 is 11.8 Å². The third-order valence-electron chi connectivity index (χ3n) is 4.60. The van der Waals surface area contributed by atoms with Crippen molar-refractivity contribution in [3.05, 3.63) is 77.2 Å². The van der Waals surface area contributed by atoms with Crippen molar-refractivity contribution < 1.29 is 14.3 Å². The lowest BCUT2D eigenvalue weighted by Crippen LogP contribution is -2.21. The minimum atomic E-state index is -0.559. The van der Waals surface area contributed by atoms with Gasteiger partial charge in [-0.15, -0.1) is 5.10 Å². The number of hydrogen-bond donors (Lipinski definition) is 3. The van der Waals surface area contributed by atoms with E-state index in [0.29, 0.717) is 17.2 Å². The topological polar surface area (TPSA) is 140 Å². The molecule has 8 nitrogen and oxygen atoms in total. The molecule has 5 N–H and O–H groups in total. The second-order valence-corrected chi connectivity index (χ2v) is 6.43. The normalized spacial score (nSPS) is 15.2. The number of amides is 1. The molecule has 3 aromatic rings. The molecule has 1 aliphatic heterocycles. The van der Waals surface area contributed by atoms with E-state index >= 15 is 0 Å². The first-order valence-electron chi connectivity index (χ1n) is 8.80. The van der Waals surface area contributed by atoms with E-state index in [-0.39, 0.29) is 12.5 Å². The van der Waals surface area contributed by atoms with Gasteiger partial charge in [0.1, 0.15) is 17.4 Å². The Kier molecular flexibility index (Phi) is 4.63. The van der Waals surface area contributed by atoms with Gasteiger partial charge in [0.2, 0.25) is 11.8 Å². The second-order valence-electron chi connectivity index (χ2n) is 6.43. The first kappa shape index (κ1) is 18.1. The number of nitriles is 1. The van der Waals surface area contributed by atoms with Gasteiger partial charge in [0, 0.05) is 0 Å². The summed E-state index contributed by atoms with van der Waals surface area (Å²) >= 11 is 0. The lowest BCUT2D eigenvalue weighted by atomic mass is 9.83. The van der Waals surface area contributed by atoms with Crippen LogP contribution in [0.25, 0.3) is 11.3 Å². The number of rotatable bonds is 5. The zero-order chi connectivity index (χ0) is 20.4. The molecule has 144 valence electrons. The second kappa shape index (κ2) is 7.40. The largest absolute Gasteiger partial charge is 0.484 e. The first-order valence-corrected chi connectivity index (χ1v) is 8.80. The molecule has 2 heterocycles. The number of nitrogens with two attached hydrogens (primary N) is 2. The van der Waals surface area contributed by atoms with Gasteiger partial charge in [-0.2, -0.15) is 5.26 Å². The quantitative estimate of drug-likeness (QED) is 0.613. The molecule has 0 spiro atoms. The SMILES string of the molecule is N#CC1=C(N)Oc2n[nH]c(-c3ccccc3)c2C1c1ccc(OCC(N)=O)cc1. The van der Waals surface area contributed by atoms with Crippen molar-refractivity contribution in [1.82, 2.24) is 10.2 Å². The molecule has 0 radical (unpaired) electrons. The highest BCUT2D eigenvalue weighted by Crippen LogP contribution is 2.45.